The lowest BCUT2D eigenvalue weighted by Crippen LogP contribution is -2.44. The van der Waals surface area contributed by atoms with Gasteiger partial charge in [0.1, 0.15) is 16.7 Å². The molecule has 0 unspecified atom stereocenters. The molecule has 30 heavy (non-hydrogen) atoms. The van der Waals surface area contributed by atoms with Crippen molar-refractivity contribution in [3.05, 3.63) is 74.9 Å². The first kappa shape index (κ1) is 21.1. The summed E-state index contributed by atoms with van der Waals surface area (Å²) in [5.74, 6) is -0.629. The number of carbonyl (C=O) groups excluding carboxylic acids is 1. The van der Waals surface area contributed by atoms with E-state index in [4.69, 9.17) is 11.6 Å². The van der Waals surface area contributed by atoms with Crippen molar-refractivity contribution in [2.75, 3.05) is 36.4 Å². The zero-order valence-electron chi connectivity index (χ0n) is 16.3. The molecule has 0 aliphatic carbocycles. The van der Waals surface area contributed by atoms with E-state index in [1.165, 1.54) is 23.9 Å². The van der Waals surface area contributed by atoms with Crippen LogP contribution in [0.2, 0.25) is 5.02 Å². The predicted molar refractivity (Wildman–Crippen MR) is 115 cm³/mol. The largest absolute Gasteiger partial charge is 0.373 e. The number of nitriles is 1. The summed E-state index contributed by atoms with van der Waals surface area (Å²) in [7, 11) is 0. The van der Waals surface area contributed by atoms with Crippen LogP contribution < -0.4 is 10.2 Å². The summed E-state index contributed by atoms with van der Waals surface area (Å²) >= 11 is 5.78. The van der Waals surface area contributed by atoms with E-state index < -0.39 is 10.8 Å². The third-order valence-corrected chi connectivity index (χ3v) is 5.08. The van der Waals surface area contributed by atoms with E-state index >= 15 is 0 Å². The fourth-order valence-electron chi connectivity index (χ4n) is 3.18. The Morgan fingerprint density at radius 1 is 1.23 bits per heavy atom. The van der Waals surface area contributed by atoms with Gasteiger partial charge in [0.15, 0.2) is 0 Å². The molecule has 0 aromatic heterocycles. The molecule has 0 bridgehead atoms. The van der Waals surface area contributed by atoms with Crippen LogP contribution in [-0.2, 0) is 4.79 Å². The van der Waals surface area contributed by atoms with Crippen LogP contribution in [0.3, 0.4) is 0 Å². The van der Waals surface area contributed by atoms with Gasteiger partial charge in [0.25, 0.3) is 11.6 Å². The molecule has 2 aromatic rings. The Kier molecular flexibility index (Phi) is 6.54. The maximum atomic E-state index is 12.5. The van der Waals surface area contributed by atoms with E-state index in [0.29, 0.717) is 13.1 Å². The van der Waals surface area contributed by atoms with Crippen molar-refractivity contribution in [3.8, 4) is 6.07 Å². The van der Waals surface area contributed by atoms with Gasteiger partial charge in [-0.05, 0) is 36.8 Å². The smallest absolute Gasteiger partial charge is 0.289 e. The highest BCUT2D eigenvalue weighted by atomic mass is 35.5. The molecule has 0 saturated carbocycles. The summed E-state index contributed by atoms with van der Waals surface area (Å²) in [5, 5.41) is 22.9. The molecular weight excluding hydrogens is 406 g/mol. The molecule has 8 nitrogen and oxygen atoms in total. The van der Waals surface area contributed by atoms with Gasteiger partial charge >= 0.3 is 0 Å². The highest BCUT2D eigenvalue weighted by Gasteiger charge is 2.19. The van der Waals surface area contributed by atoms with Crippen molar-refractivity contribution in [1.82, 2.24) is 4.90 Å². The number of benzene rings is 2. The number of nitro benzene ring substituents is 1. The average Bonchev–Trinajstić information content (AvgIpc) is 2.73. The quantitative estimate of drug-likeness (QED) is 0.339. The minimum absolute atomic E-state index is 0.0273. The Bertz CT molecular complexity index is 1040. The number of amides is 1. The maximum Gasteiger partial charge on any atom is 0.289 e. The Labute approximate surface area is 179 Å². The third-order valence-electron chi connectivity index (χ3n) is 4.76. The van der Waals surface area contributed by atoms with E-state index in [2.05, 4.69) is 35.3 Å². The molecule has 3 rings (SSSR count). The van der Waals surface area contributed by atoms with Gasteiger partial charge in [0, 0.05) is 49.8 Å². The molecule has 1 aliphatic rings. The fraction of sp³-hybridized carbons (Fsp3) is 0.238. The van der Waals surface area contributed by atoms with Gasteiger partial charge in [-0.1, -0.05) is 23.7 Å². The molecule has 0 atom stereocenters. The summed E-state index contributed by atoms with van der Waals surface area (Å²) < 4.78 is 0. The molecule has 1 N–H and O–H groups in total. The first-order valence-corrected chi connectivity index (χ1v) is 9.68. The van der Waals surface area contributed by atoms with E-state index in [9.17, 15) is 20.2 Å². The molecular formula is C21H20ClN5O3. The summed E-state index contributed by atoms with van der Waals surface area (Å²) in [5.41, 5.74) is 2.16. The van der Waals surface area contributed by atoms with Crippen LogP contribution in [0.4, 0.5) is 17.1 Å². The van der Waals surface area contributed by atoms with Crippen molar-refractivity contribution in [3.63, 3.8) is 0 Å². The number of carbonyl (C=O) groups is 1. The second-order valence-corrected chi connectivity index (χ2v) is 7.30. The molecule has 9 heteroatoms. The molecule has 0 spiro atoms. The lowest BCUT2D eigenvalue weighted by Gasteiger charge is -2.35. The first-order valence-electron chi connectivity index (χ1n) is 9.30. The zero-order chi connectivity index (χ0) is 21.7. The van der Waals surface area contributed by atoms with Gasteiger partial charge in [0.05, 0.1) is 4.92 Å². The summed E-state index contributed by atoms with van der Waals surface area (Å²) in [6, 6.07) is 14.1. The van der Waals surface area contributed by atoms with Crippen LogP contribution in [0, 0.1) is 28.4 Å². The number of nitrogens with one attached hydrogen (secondary N) is 1. The normalized spacial score (nSPS) is 14.2. The van der Waals surface area contributed by atoms with Crippen LogP contribution in [0.1, 0.15) is 5.56 Å². The second kappa shape index (κ2) is 9.29. The Morgan fingerprint density at radius 2 is 1.97 bits per heavy atom. The van der Waals surface area contributed by atoms with Gasteiger partial charge < -0.3 is 15.1 Å². The SMILES string of the molecule is Cc1cccc(N2CCN(/C=C(/C#N)C(=O)Nc3ccc(Cl)c([N+](=O)[O-])c3)CC2)c1. The standard InChI is InChI=1S/C21H20ClN5O3/c1-15-3-2-4-18(11-15)26-9-7-25(8-10-26)14-16(13-23)21(28)24-17-5-6-19(22)20(12-17)27(29)30/h2-6,11-12,14H,7-10H2,1H3,(H,24,28)/b16-14-. The van der Waals surface area contributed by atoms with Crippen LogP contribution in [0.5, 0.6) is 0 Å². The summed E-state index contributed by atoms with van der Waals surface area (Å²) in [6.07, 6.45) is 1.53. The lowest BCUT2D eigenvalue weighted by atomic mass is 10.2. The molecule has 154 valence electrons. The predicted octanol–water partition coefficient (Wildman–Crippen LogP) is 3.72. The van der Waals surface area contributed by atoms with Crippen LogP contribution >= 0.6 is 11.6 Å². The zero-order valence-corrected chi connectivity index (χ0v) is 17.1. The van der Waals surface area contributed by atoms with E-state index in [-0.39, 0.29) is 22.0 Å². The van der Waals surface area contributed by atoms with Crippen molar-refractivity contribution in [1.29, 1.82) is 5.26 Å². The Hall–Kier alpha value is -3.57. The highest BCUT2D eigenvalue weighted by molar-refractivity contribution is 6.32. The minimum Gasteiger partial charge on any atom is -0.373 e. The highest BCUT2D eigenvalue weighted by Crippen LogP contribution is 2.27. The number of aryl methyl sites for hydroxylation is 1. The average molecular weight is 426 g/mol. The minimum atomic E-state index is -0.632. The van der Waals surface area contributed by atoms with Crippen LogP contribution in [0.25, 0.3) is 0 Å². The van der Waals surface area contributed by atoms with Gasteiger partial charge in [-0.2, -0.15) is 5.26 Å². The van der Waals surface area contributed by atoms with Gasteiger partial charge in [-0.3, -0.25) is 14.9 Å². The summed E-state index contributed by atoms with van der Waals surface area (Å²) in [6.45, 7) is 4.92. The molecule has 1 saturated heterocycles. The molecule has 2 aromatic carbocycles. The fourth-order valence-corrected chi connectivity index (χ4v) is 3.37. The topological polar surface area (TPSA) is 103 Å². The maximum absolute atomic E-state index is 12.5. The molecule has 1 fully saturated rings. The number of halogens is 1. The van der Waals surface area contributed by atoms with Gasteiger partial charge in [-0.25, -0.2) is 0 Å². The van der Waals surface area contributed by atoms with Crippen molar-refractivity contribution < 1.29 is 9.72 Å². The Morgan fingerprint density at radius 3 is 2.60 bits per heavy atom. The molecule has 1 amide bonds. The number of hydrogen-bond acceptors (Lipinski definition) is 6. The van der Waals surface area contributed by atoms with Crippen molar-refractivity contribution in [2.45, 2.75) is 6.92 Å². The van der Waals surface area contributed by atoms with E-state index in [0.717, 1.165) is 24.8 Å². The number of piperazine rings is 1. The Balaban J connectivity index is 1.65. The van der Waals surface area contributed by atoms with Crippen molar-refractivity contribution >= 4 is 34.6 Å². The van der Waals surface area contributed by atoms with E-state index in [1.54, 1.807) is 0 Å². The molecule has 1 aliphatic heterocycles. The number of hydrogen-bond donors (Lipinski definition) is 1. The number of anilines is 2. The van der Waals surface area contributed by atoms with Crippen molar-refractivity contribution in [2.24, 2.45) is 0 Å². The van der Waals surface area contributed by atoms with Crippen LogP contribution in [-0.4, -0.2) is 41.9 Å². The third kappa shape index (κ3) is 5.07. The molecule has 0 radical (unpaired) electrons. The molecule has 1 heterocycles. The van der Waals surface area contributed by atoms with Gasteiger partial charge in [0.2, 0.25) is 0 Å². The van der Waals surface area contributed by atoms with Crippen LogP contribution in [0.15, 0.2) is 54.2 Å². The number of nitrogens with zero attached hydrogens (tertiary/aromatic N) is 4. The van der Waals surface area contributed by atoms with Gasteiger partial charge in [-0.15, -0.1) is 0 Å². The first-order chi connectivity index (χ1) is 14.4. The number of rotatable bonds is 5. The number of nitro groups is 1. The second-order valence-electron chi connectivity index (χ2n) is 6.89. The monoisotopic (exact) mass is 425 g/mol. The lowest BCUT2D eigenvalue weighted by molar-refractivity contribution is -0.384. The van der Waals surface area contributed by atoms with E-state index in [1.807, 2.05) is 17.0 Å². The summed E-state index contributed by atoms with van der Waals surface area (Å²) in [4.78, 5) is 27.0.